The van der Waals surface area contributed by atoms with Gasteiger partial charge in [-0.25, -0.2) is 4.98 Å². The van der Waals surface area contributed by atoms with Crippen LogP contribution < -0.4 is 15.1 Å². The molecule has 41 heavy (non-hydrogen) atoms. The van der Waals surface area contributed by atoms with Gasteiger partial charge in [-0.2, -0.15) is 0 Å². The van der Waals surface area contributed by atoms with E-state index in [-0.39, 0.29) is 17.7 Å². The van der Waals surface area contributed by atoms with E-state index in [1.165, 1.54) is 0 Å². The number of halogens is 2. The Morgan fingerprint density at radius 2 is 1.56 bits per heavy atom. The lowest BCUT2D eigenvalue weighted by molar-refractivity contribution is -0.129. The van der Waals surface area contributed by atoms with Gasteiger partial charge in [0.05, 0.1) is 22.0 Å². The van der Waals surface area contributed by atoms with Crippen LogP contribution in [0.1, 0.15) is 27.6 Å². The maximum Gasteiger partial charge on any atom is 0.264 e. The summed E-state index contributed by atoms with van der Waals surface area (Å²) in [5.41, 5.74) is 2.26. The Balaban J connectivity index is 1.41. The third-order valence-electron chi connectivity index (χ3n) is 6.80. The van der Waals surface area contributed by atoms with Crippen molar-refractivity contribution in [2.75, 3.05) is 41.3 Å². The molecule has 0 atom stereocenters. The molecule has 0 bridgehead atoms. The van der Waals surface area contributed by atoms with Crippen LogP contribution in [0.5, 0.6) is 0 Å². The van der Waals surface area contributed by atoms with E-state index in [2.05, 4.69) is 15.2 Å². The van der Waals surface area contributed by atoms with E-state index < -0.39 is 0 Å². The first-order chi connectivity index (χ1) is 19.8. The Bertz CT molecular complexity index is 1570. The fraction of sp³-hybridized carbons (Fsp3) is 0.161. The van der Waals surface area contributed by atoms with E-state index in [4.69, 9.17) is 23.2 Å². The molecular formula is C31H27Cl2N5O3. The van der Waals surface area contributed by atoms with Gasteiger partial charge in [0.1, 0.15) is 5.82 Å². The predicted octanol–water partition coefficient (Wildman–Crippen LogP) is 6.29. The van der Waals surface area contributed by atoms with E-state index in [0.717, 1.165) is 5.82 Å². The molecule has 0 unspecified atom stereocenters. The van der Waals surface area contributed by atoms with Crippen LogP contribution in [0.25, 0.3) is 0 Å². The number of aromatic nitrogens is 1. The average Bonchev–Trinajstić information content (AvgIpc) is 2.99. The maximum absolute atomic E-state index is 13.9. The number of carbonyl (C=O) groups excluding carboxylic acids is 3. The summed E-state index contributed by atoms with van der Waals surface area (Å²) >= 11 is 12.5. The van der Waals surface area contributed by atoms with Crippen LogP contribution in [-0.4, -0.2) is 53.8 Å². The number of amides is 3. The molecule has 5 rings (SSSR count). The molecule has 1 aliphatic rings. The summed E-state index contributed by atoms with van der Waals surface area (Å²) in [6.45, 7) is 4.18. The van der Waals surface area contributed by atoms with Gasteiger partial charge in [0.2, 0.25) is 5.91 Å². The molecule has 1 fully saturated rings. The quantitative estimate of drug-likeness (QED) is 0.286. The summed E-state index contributed by atoms with van der Waals surface area (Å²) in [4.78, 5) is 48.5. The van der Waals surface area contributed by atoms with Crippen molar-refractivity contribution in [3.05, 3.63) is 112 Å². The number of anilines is 4. The zero-order valence-corrected chi connectivity index (χ0v) is 23.8. The van der Waals surface area contributed by atoms with Gasteiger partial charge in [-0.1, -0.05) is 47.5 Å². The zero-order chi connectivity index (χ0) is 28.9. The smallest absolute Gasteiger partial charge is 0.264 e. The number of carbonyl (C=O) groups is 3. The summed E-state index contributed by atoms with van der Waals surface area (Å²) in [6.07, 6.45) is 1.56. The highest BCUT2D eigenvalue weighted by atomic mass is 35.5. The minimum absolute atomic E-state index is 0.0638. The molecule has 0 radical (unpaired) electrons. The number of hydrogen-bond donors (Lipinski definition) is 1. The first kappa shape index (κ1) is 28.1. The number of para-hydroxylation sites is 1. The van der Waals surface area contributed by atoms with Gasteiger partial charge in [-0.15, -0.1) is 0 Å². The summed E-state index contributed by atoms with van der Waals surface area (Å²) in [7, 11) is 0. The van der Waals surface area contributed by atoms with Gasteiger partial charge >= 0.3 is 0 Å². The largest absolute Gasteiger partial charge is 0.353 e. The van der Waals surface area contributed by atoms with Crippen molar-refractivity contribution in [3.8, 4) is 0 Å². The number of piperazine rings is 1. The molecule has 0 aliphatic carbocycles. The number of pyridine rings is 1. The average molecular weight is 588 g/mol. The minimum Gasteiger partial charge on any atom is -0.353 e. The second-order valence-corrected chi connectivity index (χ2v) is 10.3. The number of benzene rings is 3. The lowest BCUT2D eigenvalue weighted by atomic mass is 10.1. The number of hydrogen-bond acceptors (Lipinski definition) is 5. The van der Waals surface area contributed by atoms with Crippen molar-refractivity contribution in [1.29, 1.82) is 0 Å². The highest BCUT2D eigenvalue weighted by Crippen LogP contribution is 2.33. The molecular weight excluding hydrogens is 561 g/mol. The SMILES string of the molecule is CC(=O)N1CCN(c2ccc(C(=O)N(c3ccccc3)c3ccc(Cl)c(NC(=O)c4cccc(Cl)c4)c3)cn2)CC1. The highest BCUT2D eigenvalue weighted by Gasteiger charge is 2.23. The molecule has 2 heterocycles. The van der Waals surface area contributed by atoms with Crippen LogP contribution in [0.4, 0.5) is 22.9 Å². The molecule has 1 N–H and O–H groups in total. The molecule has 4 aromatic rings. The number of rotatable bonds is 6. The van der Waals surface area contributed by atoms with E-state index >= 15 is 0 Å². The third kappa shape index (κ3) is 6.51. The standard InChI is InChI=1S/C31H27Cl2N5O3/c1-21(39)36-14-16-37(17-15-36)29-13-10-23(20-34-29)31(41)38(25-8-3-2-4-9-25)26-11-12-27(33)28(19-26)35-30(40)22-6-5-7-24(32)18-22/h2-13,18-20H,14-17H2,1H3,(H,35,40). The number of nitrogens with one attached hydrogen (secondary N) is 1. The Hall–Kier alpha value is -4.40. The Labute approximate surface area is 248 Å². The zero-order valence-electron chi connectivity index (χ0n) is 22.3. The van der Waals surface area contributed by atoms with Gasteiger partial charge in [0.25, 0.3) is 11.8 Å². The predicted molar refractivity (Wildman–Crippen MR) is 162 cm³/mol. The fourth-order valence-corrected chi connectivity index (χ4v) is 4.97. The van der Waals surface area contributed by atoms with E-state index in [9.17, 15) is 14.4 Å². The van der Waals surface area contributed by atoms with E-state index in [1.807, 2.05) is 41.3 Å². The molecule has 1 aliphatic heterocycles. The highest BCUT2D eigenvalue weighted by molar-refractivity contribution is 6.34. The first-order valence-corrected chi connectivity index (χ1v) is 13.8. The van der Waals surface area contributed by atoms with Gasteiger partial charge in [-0.05, 0) is 60.7 Å². The fourth-order valence-electron chi connectivity index (χ4n) is 4.61. The number of nitrogens with zero attached hydrogens (tertiary/aromatic N) is 4. The summed E-state index contributed by atoms with van der Waals surface area (Å²) < 4.78 is 0. The van der Waals surface area contributed by atoms with Crippen molar-refractivity contribution in [2.24, 2.45) is 0 Å². The molecule has 208 valence electrons. The Morgan fingerprint density at radius 1 is 0.805 bits per heavy atom. The van der Waals surface area contributed by atoms with Crippen molar-refractivity contribution < 1.29 is 14.4 Å². The maximum atomic E-state index is 13.9. The molecule has 1 saturated heterocycles. The summed E-state index contributed by atoms with van der Waals surface area (Å²) in [6, 6.07) is 24.4. The molecule has 0 saturated carbocycles. The molecule has 10 heteroatoms. The van der Waals surface area contributed by atoms with Crippen molar-refractivity contribution in [2.45, 2.75) is 6.92 Å². The monoisotopic (exact) mass is 587 g/mol. The van der Waals surface area contributed by atoms with Gasteiger partial charge in [0, 0.05) is 55.6 Å². The molecule has 8 nitrogen and oxygen atoms in total. The van der Waals surface area contributed by atoms with Crippen LogP contribution in [0.15, 0.2) is 91.1 Å². The van der Waals surface area contributed by atoms with E-state index in [0.29, 0.717) is 64.4 Å². The van der Waals surface area contributed by atoms with Gasteiger partial charge < -0.3 is 15.1 Å². The second kappa shape index (κ2) is 12.4. The molecule has 3 amide bonds. The molecule has 3 aromatic carbocycles. The topological polar surface area (TPSA) is 85.9 Å². The van der Waals surface area contributed by atoms with Crippen LogP contribution >= 0.6 is 23.2 Å². The van der Waals surface area contributed by atoms with Crippen molar-refractivity contribution in [1.82, 2.24) is 9.88 Å². The van der Waals surface area contributed by atoms with Crippen LogP contribution in [0.2, 0.25) is 10.0 Å². The Kier molecular flexibility index (Phi) is 8.52. The molecule has 0 spiro atoms. The second-order valence-electron chi connectivity index (χ2n) is 9.50. The van der Waals surface area contributed by atoms with Crippen molar-refractivity contribution in [3.63, 3.8) is 0 Å². The van der Waals surface area contributed by atoms with Crippen LogP contribution in [-0.2, 0) is 4.79 Å². The third-order valence-corrected chi connectivity index (χ3v) is 7.37. The van der Waals surface area contributed by atoms with Crippen LogP contribution in [0, 0.1) is 0 Å². The summed E-state index contributed by atoms with van der Waals surface area (Å²) in [5, 5.41) is 3.58. The van der Waals surface area contributed by atoms with E-state index in [1.54, 1.807) is 66.6 Å². The van der Waals surface area contributed by atoms with Gasteiger partial charge in [0.15, 0.2) is 0 Å². The minimum atomic E-state index is -0.381. The van der Waals surface area contributed by atoms with Crippen LogP contribution in [0.3, 0.4) is 0 Å². The lowest BCUT2D eigenvalue weighted by Gasteiger charge is -2.35. The molecule has 1 aromatic heterocycles. The van der Waals surface area contributed by atoms with Crippen molar-refractivity contribution >= 4 is 63.8 Å². The summed E-state index contributed by atoms with van der Waals surface area (Å²) in [5.74, 6) is 0.126. The normalized spacial score (nSPS) is 13.0. The van der Waals surface area contributed by atoms with Gasteiger partial charge in [-0.3, -0.25) is 19.3 Å². The lowest BCUT2D eigenvalue weighted by Crippen LogP contribution is -2.48. The Morgan fingerprint density at radius 3 is 2.22 bits per heavy atom. The first-order valence-electron chi connectivity index (χ1n) is 13.0.